The third-order valence-electron chi connectivity index (χ3n) is 3.40. The smallest absolute Gasteiger partial charge is 0.0960 e. The number of rotatable bonds is 6. The van der Waals surface area contributed by atoms with Gasteiger partial charge in [0.25, 0.3) is 0 Å². The Hall–Kier alpha value is -0.0500. The number of halogens is 1. The Balaban J connectivity index is 1.78. The second kappa shape index (κ2) is 5.29. The summed E-state index contributed by atoms with van der Waals surface area (Å²) in [6.07, 6.45) is 5.12. The van der Waals surface area contributed by atoms with Crippen LogP contribution in [0.5, 0.6) is 0 Å². The number of hydrogen-bond acceptors (Lipinski definition) is 2. The molecule has 1 N–H and O–H groups in total. The van der Waals surface area contributed by atoms with E-state index in [0.29, 0.717) is 5.41 Å². The van der Waals surface area contributed by atoms with Crippen molar-refractivity contribution in [3.8, 4) is 0 Å². The third kappa shape index (κ3) is 4.27. The first-order valence-corrected chi connectivity index (χ1v) is 7.64. The highest BCUT2D eigenvalue weighted by Gasteiger charge is 2.25. The zero-order chi connectivity index (χ0) is 12.5. The normalized spacial score (nSPS) is 16.5. The Bertz CT molecular complexity index is 360. The average Bonchev–Trinajstić information content (AvgIpc) is 3.02. The second-order valence-corrected chi connectivity index (χ2v) is 7.73. The summed E-state index contributed by atoms with van der Waals surface area (Å²) < 4.78 is 0.953. The van der Waals surface area contributed by atoms with Crippen LogP contribution in [-0.2, 0) is 6.42 Å². The lowest BCUT2D eigenvalue weighted by atomic mass is 9.87. The van der Waals surface area contributed by atoms with E-state index in [2.05, 4.69) is 32.2 Å². The molecule has 1 aromatic rings. The van der Waals surface area contributed by atoms with Crippen molar-refractivity contribution < 1.29 is 0 Å². The molecule has 1 nitrogen and oxygen atoms in total. The van der Waals surface area contributed by atoms with Crippen LogP contribution in [0.3, 0.4) is 0 Å². The predicted octanol–water partition coefficient (Wildman–Crippen LogP) is 4.42. The predicted molar refractivity (Wildman–Crippen MR) is 77.2 cm³/mol. The van der Waals surface area contributed by atoms with Gasteiger partial charge in [-0.15, -0.1) is 11.3 Å². The first kappa shape index (κ1) is 13.4. The first-order valence-electron chi connectivity index (χ1n) is 6.44. The van der Waals surface area contributed by atoms with Crippen LogP contribution >= 0.6 is 22.9 Å². The van der Waals surface area contributed by atoms with E-state index in [9.17, 15) is 0 Å². The molecule has 0 bridgehead atoms. The summed E-state index contributed by atoms with van der Waals surface area (Å²) in [4.78, 5) is 1.42. The molecule has 0 saturated heterocycles. The molecule has 0 unspecified atom stereocenters. The van der Waals surface area contributed by atoms with E-state index in [0.717, 1.165) is 23.3 Å². The second-order valence-electron chi connectivity index (χ2n) is 5.99. The van der Waals surface area contributed by atoms with Crippen LogP contribution in [-0.4, -0.2) is 12.6 Å². The summed E-state index contributed by atoms with van der Waals surface area (Å²) in [5.41, 5.74) is 1.60. The number of aryl methyl sites for hydroxylation is 2. The highest BCUT2D eigenvalue weighted by molar-refractivity contribution is 7.16. The topological polar surface area (TPSA) is 12.0 Å². The molecule has 0 aliphatic heterocycles. The summed E-state index contributed by atoms with van der Waals surface area (Å²) >= 11 is 7.83. The summed E-state index contributed by atoms with van der Waals surface area (Å²) in [6, 6.07) is 3.05. The van der Waals surface area contributed by atoms with E-state index in [1.165, 1.54) is 29.7 Å². The van der Waals surface area contributed by atoms with Crippen molar-refractivity contribution in [3.05, 3.63) is 20.8 Å². The molecule has 0 spiro atoms. The fourth-order valence-electron chi connectivity index (χ4n) is 1.90. The summed E-state index contributed by atoms with van der Waals surface area (Å²) in [6.45, 7) is 7.92. The quantitative estimate of drug-likeness (QED) is 0.808. The van der Waals surface area contributed by atoms with E-state index in [1.807, 2.05) is 0 Å². The minimum atomic E-state index is 0.382. The minimum absolute atomic E-state index is 0.382. The Morgan fingerprint density at radius 1 is 1.47 bits per heavy atom. The Morgan fingerprint density at radius 3 is 2.71 bits per heavy atom. The molecule has 0 atom stereocenters. The van der Waals surface area contributed by atoms with Gasteiger partial charge in [-0.05, 0) is 49.7 Å². The molecule has 0 aromatic carbocycles. The zero-order valence-electron chi connectivity index (χ0n) is 11.0. The highest BCUT2D eigenvalue weighted by Crippen LogP contribution is 2.31. The lowest BCUT2D eigenvalue weighted by Crippen LogP contribution is -2.31. The molecule has 1 aliphatic rings. The molecule has 1 fully saturated rings. The van der Waals surface area contributed by atoms with Crippen LogP contribution < -0.4 is 5.32 Å². The number of hydrogen-bond donors (Lipinski definition) is 1. The van der Waals surface area contributed by atoms with Crippen LogP contribution in [0.4, 0.5) is 0 Å². The van der Waals surface area contributed by atoms with Crippen molar-refractivity contribution in [3.63, 3.8) is 0 Å². The fraction of sp³-hybridized carbons (Fsp3) is 0.714. The Labute approximate surface area is 114 Å². The molecule has 1 aliphatic carbocycles. The Morgan fingerprint density at radius 2 is 2.18 bits per heavy atom. The van der Waals surface area contributed by atoms with E-state index in [-0.39, 0.29) is 0 Å². The molecule has 1 aromatic heterocycles. The van der Waals surface area contributed by atoms with Gasteiger partial charge in [0.1, 0.15) is 0 Å². The van der Waals surface area contributed by atoms with Crippen molar-refractivity contribution in [1.82, 2.24) is 5.32 Å². The summed E-state index contributed by atoms with van der Waals surface area (Å²) in [5, 5.41) is 3.63. The van der Waals surface area contributed by atoms with E-state index in [4.69, 9.17) is 11.6 Å². The van der Waals surface area contributed by atoms with E-state index in [1.54, 1.807) is 11.3 Å². The maximum atomic E-state index is 6.10. The monoisotopic (exact) mass is 271 g/mol. The molecule has 96 valence electrons. The molecule has 0 amide bonds. The molecule has 1 saturated carbocycles. The molecule has 1 heterocycles. The minimum Gasteiger partial charge on any atom is -0.313 e. The van der Waals surface area contributed by atoms with E-state index < -0.39 is 0 Å². The number of thiophene rings is 1. The van der Waals surface area contributed by atoms with Crippen LogP contribution in [0.25, 0.3) is 0 Å². The summed E-state index contributed by atoms with van der Waals surface area (Å²) in [7, 11) is 0. The average molecular weight is 272 g/mol. The van der Waals surface area contributed by atoms with Gasteiger partial charge in [-0.25, -0.2) is 0 Å². The van der Waals surface area contributed by atoms with E-state index >= 15 is 0 Å². The van der Waals surface area contributed by atoms with Gasteiger partial charge in [-0.3, -0.25) is 0 Å². The molecule has 17 heavy (non-hydrogen) atoms. The van der Waals surface area contributed by atoms with Crippen molar-refractivity contribution in [2.45, 2.75) is 52.5 Å². The highest BCUT2D eigenvalue weighted by atomic mass is 35.5. The van der Waals surface area contributed by atoms with Gasteiger partial charge >= 0.3 is 0 Å². The van der Waals surface area contributed by atoms with Crippen molar-refractivity contribution in [2.24, 2.45) is 5.41 Å². The van der Waals surface area contributed by atoms with Crippen LogP contribution in [0.2, 0.25) is 4.34 Å². The Kier molecular flexibility index (Phi) is 4.17. The van der Waals surface area contributed by atoms with Gasteiger partial charge in [0.05, 0.1) is 4.34 Å². The van der Waals surface area contributed by atoms with Crippen molar-refractivity contribution in [1.29, 1.82) is 0 Å². The van der Waals surface area contributed by atoms with Crippen molar-refractivity contribution >= 4 is 22.9 Å². The van der Waals surface area contributed by atoms with Crippen LogP contribution in [0.1, 0.15) is 43.6 Å². The van der Waals surface area contributed by atoms with Gasteiger partial charge in [0.2, 0.25) is 0 Å². The largest absolute Gasteiger partial charge is 0.313 e. The lowest BCUT2D eigenvalue weighted by molar-refractivity contribution is 0.314. The molecule has 0 radical (unpaired) electrons. The van der Waals surface area contributed by atoms with Gasteiger partial charge in [-0.2, -0.15) is 0 Å². The maximum absolute atomic E-state index is 6.10. The van der Waals surface area contributed by atoms with Gasteiger partial charge in [0, 0.05) is 17.5 Å². The molecule has 3 heteroatoms. The standard InChI is InChI=1S/C14H22ClNS/c1-10-8-12(17-13(10)15)6-7-14(2,3)9-16-11-4-5-11/h8,11,16H,4-7,9H2,1-3H3. The summed E-state index contributed by atoms with van der Waals surface area (Å²) in [5.74, 6) is 0. The van der Waals surface area contributed by atoms with Gasteiger partial charge in [0.15, 0.2) is 0 Å². The number of nitrogens with one attached hydrogen (secondary N) is 1. The first-order chi connectivity index (χ1) is 7.96. The molecular formula is C14H22ClNS. The SMILES string of the molecule is Cc1cc(CCC(C)(C)CNC2CC2)sc1Cl. The van der Waals surface area contributed by atoms with Crippen LogP contribution in [0.15, 0.2) is 6.07 Å². The van der Waals surface area contributed by atoms with Gasteiger partial charge < -0.3 is 5.32 Å². The molecule has 2 rings (SSSR count). The zero-order valence-corrected chi connectivity index (χ0v) is 12.5. The fourth-order valence-corrected chi connectivity index (χ4v) is 3.15. The molecular weight excluding hydrogens is 250 g/mol. The van der Waals surface area contributed by atoms with Crippen molar-refractivity contribution in [2.75, 3.05) is 6.54 Å². The lowest BCUT2D eigenvalue weighted by Gasteiger charge is -2.24. The van der Waals surface area contributed by atoms with Crippen LogP contribution in [0, 0.1) is 12.3 Å². The maximum Gasteiger partial charge on any atom is 0.0960 e. The third-order valence-corrected chi connectivity index (χ3v) is 5.02. The van der Waals surface area contributed by atoms with Gasteiger partial charge in [-0.1, -0.05) is 25.4 Å².